The van der Waals surface area contributed by atoms with Gasteiger partial charge in [-0.1, -0.05) is 18.2 Å². The Morgan fingerprint density at radius 2 is 2.15 bits per heavy atom. The lowest BCUT2D eigenvalue weighted by Gasteiger charge is -2.05. The van der Waals surface area contributed by atoms with Gasteiger partial charge < -0.3 is 10.3 Å². The molecule has 0 aliphatic carbocycles. The minimum absolute atomic E-state index is 0.133. The smallest absolute Gasteiger partial charge is 0.269 e. The summed E-state index contributed by atoms with van der Waals surface area (Å²) < 4.78 is 0. The molecule has 20 heavy (non-hydrogen) atoms. The highest BCUT2D eigenvalue weighted by molar-refractivity contribution is 5.92. The molecule has 0 saturated heterocycles. The van der Waals surface area contributed by atoms with E-state index in [0.717, 1.165) is 11.9 Å². The zero-order chi connectivity index (χ0) is 13.8. The van der Waals surface area contributed by atoms with E-state index in [1.165, 1.54) is 10.9 Å². The topological polar surface area (TPSA) is 57.8 Å². The molecule has 2 heterocycles. The normalized spacial score (nSPS) is 10.6. The van der Waals surface area contributed by atoms with Gasteiger partial charge in [0.2, 0.25) is 0 Å². The molecular weight excluding hydrogens is 250 g/mol. The summed E-state index contributed by atoms with van der Waals surface area (Å²) in [6, 6.07) is 13.6. The monoisotopic (exact) mass is 265 g/mol. The van der Waals surface area contributed by atoms with Crippen LogP contribution in [0, 0.1) is 0 Å². The van der Waals surface area contributed by atoms with E-state index in [1.54, 1.807) is 24.4 Å². The molecule has 0 saturated carbocycles. The minimum Gasteiger partial charge on any atom is -0.361 e. The second-order valence-electron chi connectivity index (χ2n) is 4.62. The van der Waals surface area contributed by atoms with Gasteiger partial charge in [0.25, 0.3) is 5.91 Å². The van der Waals surface area contributed by atoms with Gasteiger partial charge in [-0.2, -0.15) is 0 Å². The van der Waals surface area contributed by atoms with Crippen LogP contribution in [0.4, 0.5) is 0 Å². The number of nitrogens with one attached hydrogen (secondary N) is 2. The van der Waals surface area contributed by atoms with Crippen molar-refractivity contribution in [1.29, 1.82) is 0 Å². The van der Waals surface area contributed by atoms with Crippen LogP contribution in [0.2, 0.25) is 0 Å². The van der Waals surface area contributed by atoms with E-state index in [4.69, 9.17) is 0 Å². The number of hydrogen-bond donors (Lipinski definition) is 2. The number of carbonyl (C=O) groups is 1. The number of benzene rings is 1. The summed E-state index contributed by atoms with van der Waals surface area (Å²) in [5, 5.41) is 4.08. The molecular formula is C16H15N3O. The van der Waals surface area contributed by atoms with Gasteiger partial charge in [-0.15, -0.1) is 0 Å². The fourth-order valence-corrected chi connectivity index (χ4v) is 2.16. The van der Waals surface area contributed by atoms with Gasteiger partial charge in [0.15, 0.2) is 0 Å². The van der Waals surface area contributed by atoms with E-state index in [2.05, 4.69) is 33.5 Å². The summed E-state index contributed by atoms with van der Waals surface area (Å²) >= 11 is 0. The molecule has 0 atom stereocenters. The minimum atomic E-state index is -0.133. The maximum atomic E-state index is 11.8. The number of aromatic amines is 1. The third kappa shape index (κ3) is 2.69. The molecule has 1 aromatic carbocycles. The third-order valence-corrected chi connectivity index (χ3v) is 3.22. The molecule has 3 aromatic rings. The molecule has 3 rings (SSSR count). The lowest BCUT2D eigenvalue weighted by molar-refractivity contribution is 0.0949. The molecule has 2 aromatic heterocycles. The number of nitrogens with zero attached hydrogens (tertiary/aromatic N) is 1. The number of fused-ring (bicyclic) bond motifs is 1. The average molecular weight is 265 g/mol. The zero-order valence-corrected chi connectivity index (χ0v) is 11.0. The van der Waals surface area contributed by atoms with Crippen molar-refractivity contribution in [3.63, 3.8) is 0 Å². The molecule has 1 amide bonds. The van der Waals surface area contributed by atoms with Gasteiger partial charge in [0, 0.05) is 24.5 Å². The SMILES string of the molecule is O=C(NCCc1ccc2cc[nH]c2c1)c1ccccn1. The maximum absolute atomic E-state index is 11.8. The number of pyridine rings is 1. The fourth-order valence-electron chi connectivity index (χ4n) is 2.16. The Morgan fingerprint density at radius 3 is 3.00 bits per heavy atom. The summed E-state index contributed by atoms with van der Waals surface area (Å²) in [6.07, 6.45) is 4.35. The number of rotatable bonds is 4. The average Bonchev–Trinajstić information content (AvgIpc) is 2.95. The Labute approximate surface area is 116 Å². The number of aromatic nitrogens is 2. The number of amides is 1. The standard InChI is InChI=1S/C16H15N3O/c20-16(14-3-1-2-8-17-14)19-9-6-12-4-5-13-7-10-18-15(13)11-12/h1-5,7-8,10-11,18H,6,9H2,(H,19,20). The number of H-pyrrole nitrogens is 1. The first-order valence-electron chi connectivity index (χ1n) is 6.58. The predicted octanol–water partition coefficient (Wildman–Crippen LogP) is 2.54. The van der Waals surface area contributed by atoms with Crippen molar-refractivity contribution in [2.24, 2.45) is 0 Å². The Kier molecular flexibility index (Phi) is 3.46. The van der Waals surface area contributed by atoms with Crippen LogP contribution in [0.5, 0.6) is 0 Å². The second-order valence-corrected chi connectivity index (χ2v) is 4.62. The van der Waals surface area contributed by atoms with Crippen LogP contribution in [-0.4, -0.2) is 22.4 Å². The van der Waals surface area contributed by atoms with Crippen molar-refractivity contribution in [3.05, 3.63) is 66.1 Å². The van der Waals surface area contributed by atoms with Gasteiger partial charge in [-0.05, 0) is 41.6 Å². The lowest BCUT2D eigenvalue weighted by Crippen LogP contribution is -2.26. The van der Waals surface area contributed by atoms with Crippen molar-refractivity contribution < 1.29 is 4.79 Å². The van der Waals surface area contributed by atoms with Gasteiger partial charge >= 0.3 is 0 Å². The van der Waals surface area contributed by atoms with E-state index in [-0.39, 0.29) is 5.91 Å². The fraction of sp³-hybridized carbons (Fsp3) is 0.125. The van der Waals surface area contributed by atoms with Crippen molar-refractivity contribution in [2.75, 3.05) is 6.54 Å². The molecule has 100 valence electrons. The third-order valence-electron chi connectivity index (χ3n) is 3.22. The quantitative estimate of drug-likeness (QED) is 0.761. The molecule has 0 fully saturated rings. The summed E-state index contributed by atoms with van der Waals surface area (Å²) in [4.78, 5) is 19.0. The van der Waals surface area contributed by atoms with Gasteiger partial charge in [0.1, 0.15) is 5.69 Å². The highest BCUT2D eigenvalue weighted by Crippen LogP contribution is 2.14. The van der Waals surface area contributed by atoms with Crippen LogP contribution < -0.4 is 5.32 Å². The van der Waals surface area contributed by atoms with Crippen LogP contribution in [0.3, 0.4) is 0 Å². The van der Waals surface area contributed by atoms with Crippen molar-refractivity contribution in [1.82, 2.24) is 15.3 Å². The van der Waals surface area contributed by atoms with Gasteiger partial charge in [-0.25, -0.2) is 0 Å². The van der Waals surface area contributed by atoms with Crippen LogP contribution in [0.1, 0.15) is 16.1 Å². The van der Waals surface area contributed by atoms with E-state index in [1.807, 2.05) is 12.3 Å². The Hall–Kier alpha value is -2.62. The first-order valence-corrected chi connectivity index (χ1v) is 6.58. The Bertz CT molecular complexity index is 719. The summed E-state index contributed by atoms with van der Waals surface area (Å²) in [5.74, 6) is -0.133. The lowest BCUT2D eigenvalue weighted by atomic mass is 10.1. The molecule has 2 N–H and O–H groups in total. The molecule has 0 bridgehead atoms. The number of carbonyl (C=O) groups excluding carboxylic acids is 1. The summed E-state index contributed by atoms with van der Waals surface area (Å²) in [6.45, 7) is 0.599. The first-order chi connectivity index (χ1) is 9.83. The van der Waals surface area contributed by atoms with E-state index < -0.39 is 0 Å². The van der Waals surface area contributed by atoms with Crippen LogP contribution in [0.15, 0.2) is 54.9 Å². The Balaban J connectivity index is 1.58. The summed E-state index contributed by atoms with van der Waals surface area (Å²) in [5.41, 5.74) is 2.77. The largest absolute Gasteiger partial charge is 0.361 e. The maximum Gasteiger partial charge on any atom is 0.269 e. The molecule has 0 aliphatic heterocycles. The molecule has 0 aliphatic rings. The van der Waals surface area contributed by atoms with Crippen LogP contribution >= 0.6 is 0 Å². The van der Waals surface area contributed by atoms with Gasteiger partial charge in [0.05, 0.1) is 0 Å². The molecule has 0 radical (unpaired) electrons. The van der Waals surface area contributed by atoms with Gasteiger partial charge in [-0.3, -0.25) is 9.78 Å². The zero-order valence-electron chi connectivity index (χ0n) is 11.0. The van der Waals surface area contributed by atoms with E-state index >= 15 is 0 Å². The highest BCUT2D eigenvalue weighted by atomic mass is 16.1. The Morgan fingerprint density at radius 1 is 1.20 bits per heavy atom. The summed E-state index contributed by atoms with van der Waals surface area (Å²) in [7, 11) is 0. The van der Waals surface area contributed by atoms with Crippen LogP contribution in [-0.2, 0) is 6.42 Å². The van der Waals surface area contributed by atoms with Crippen molar-refractivity contribution in [3.8, 4) is 0 Å². The molecule has 0 spiro atoms. The van der Waals surface area contributed by atoms with E-state index in [9.17, 15) is 4.79 Å². The molecule has 4 heteroatoms. The highest BCUT2D eigenvalue weighted by Gasteiger charge is 2.05. The molecule has 4 nitrogen and oxygen atoms in total. The van der Waals surface area contributed by atoms with Crippen molar-refractivity contribution >= 4 is 16.8 Å². The van der Waals surface area contributed by atoms with E-state index in [0.29, 0.717) is 12.2 Å². The number of hydrogen-bond acceptors (Lipinski definition) is 2. The predicted molar refractivity (Wildman–Crippen MR) is 78.6 cm³/mol. The second kappa shape index (κ2) is 5.57. The molecule has 0 unspecified atom stereocenters. The first kappa shape index (κ1) is 12.4. The van der Waals surface area contributed by atoms with Crippen LogP contribution in [0.25, 0.3) is 10.9 Å². The van der Waals surface area contributed by atoms with Crippen molar-refractivity contribution in [2.45, 2.75) is 6.42 Å².